The summed E-state index contributed by atoms with van der Waals surface area (Å²) in [6.45, 7) is 3.91. The summed E-state index contributed by atoms with van der Waals surface area (Å²) in [5.74, 6) is 0.214. The summed E-state index contributed by atoms with van der Waals surface area (Å²) in [4.78, 5) is 16.3. The number of ether oxygens (including phenoxy) is 1. The summed E-state index contributed by atoms with van der Waals surface area (Å²) in [5, 5.41) is 2.60. The van der Waals surface area contributed by atoms with Crippen molar-refractivity contribution in [3.8, 4) is 5.75 Å². The molecule has 4 nitrogen and oxygen atoms in total. The van der Waals surface area contributed by atoms with Crippen molar-refractivity contribution in [2.75, 3.05) is 0 Å². The molecule has 2 aromatic rings. The number of aliphatic imine (C=N–C) groups is 1. The van der Waals surface area contributed by atoms with Gasteiger partial charge in [-0.15, -0.1) is 0 Å². The third-order valence-electron chi connectivity index (χ3n) is 3.38. The van der Waals surface area contributed by atoms with Gasteiger partial charge in [-0.3, -0.25) is 4.79 Å². The molecule has 0 saturated carbocycles. The molecule has 0 unspecified atom stereocenters. The van der Waals surface area contributed by atoms with Gasteiger partial charge in [-0.2, -0.15) is 0 Å². The lowest BCUT2D eigenvalue weighted by Gasteiger charge is -2.09. The van der Waals surface area contributed by atoms with E-state index >= 15 is 0 Å². The Kier molecular flexibility index (Phi) is 4.42. The number of halogens is 1. The summed E-state index contributed by atoms with van der Waals surface area (Å²) in [6.07, 6.45) is 1.75. The zero-order chi connectivity index (χ0) is 17.1. The van der Waals surface area contributed by atoms with Crippen LogP contribution in [0.5, 0.6) is 5.75 Å². The highest BCUT2D eigenvalue weighted by molar-refractivity contribution is 6.19. The summed E-state index contributed by atoms with van der Waals surface area (Å²) < 4.78 is 19.4. The van der Waals surface area contributed by atoms with Crippen LogP contribution in [0.3, 0.4) is 0 Å². The van der Waals surface area contributed by atoms with Crippen LogP contribution in [0.15, 0.2) is 59.2 Å². The second kappa shape index (κ2) is 6.66. The molecule has 0 aliphatic carbocycles. The predicted molar refractivity (Wildman–Crippen MR) is 91.3 cm³/mol. The standard InChI is InChI=1S/C19H17FN2O2/c1-12(2)24-14-9-7-13(8-10-14)11-17-19(23)22-18(21-17)15-5-3-4-6-16(15)20/h3-12H,1-2H3,(H,21,22,23)/b17-11+. The Bertz CT molecular complexity index is 824. The minimum atomic E-state index is -0.423. The Morgan fingerprint density at radius 1 is 1.12 bits per heavy atom. The van der Waals surface area contributed by atoms with E-state index in [4.69, 9.17) is 4.74 Å². The number of rotatable bonds is 4. The van der Waals surface area contributed by atoms with E-state index in [1.54, 1.807) is 24.3 Å². The molecular formula is C19H17FN2O2. The number of hydrogen-bond donors (Lipinski definition) is 1. The molecule has 0 bridgehead atoms. The average molecular weight is 324 g/mol. The molecule has 24 heavy (non-hydrogen) atoms. The molecule has 2 aromatic carbocycles. The maximum atomic E-state index is 13.8. The molecule has 1 heterocycles. The molecule has 1 N–H and O–H groups in total. The molecule has 0 atom stereocenters. The summed E-state index contributed by atoms with van der Waals surface area (Å²) in [5.41, 5.74) is 1.33. The zero-order valence-corrected chi connectivity index (χ0v) is 13.4. The van der Waals surface area contributed by atoms with E-state index in [9.17, 15) is 9.18 Å². The average Bonchev–Trinajstić information content (AvgIpc) is 2.90. The molecule has 1 aliphatic rings. The fraction of sp³-hybridized carbons (Fsp3) is 0.158. The third kappa shape index (κ3) is 3.51. The van der Waals surface area contributed by atoms with Gasteiger partial charge in [-0.05, 0) is 49.8 Å². The van der Waals surface area contributed by atoms with Crippen LogP contribution in [0.1, 0.15) is 25.0 Å². The van der Waals surface area contributed by atoms with E-state index in [-0.39, 0.29) is 29.1 Å². The van der Waals surface area contributed by atoms with Crippen LogP contribution in [0.4, 0.5) is 4.39 Å². The maximum Gasteiger partial charge on any atom is 0.275 e. The zero-order valence-electron chi connectivity index (χ0n) is 13.4. The molecule has 122 valence electrons. The quantitative estimate of drug-likeness (QED) is 0.875. The second-order valence-corrected chi connectivity index (χ2v) is 5.66. The van der Waals surface area contributed by atoms with Gasteiger partial charge in [0.05, 0.1) is 11.7 Å². The summed E-state index contributed by atoms with van der Waals surface area (Å²) >= 11 is 0. The van der Waals surface area contributed by atoms with E-state index in [0.29, 0.717) is 0 Å². The highest BCUT2D eigenvalue weighted by Gasteiger charge is 2.22. The molecule has 0 saturated heterocycles. The van der Waals surface area contributed by atoms with Crippen molar-refractivity contribution in [3.05, 3.63) is 71.2 Å². The van der Waals surface area contributed by atoms with E-state index in [2.05, 4.69) is 10.3 Å². The van der Waals surface area contributed by atoms with Gasteiger partial charge in [0.15, 0.2) is 0 Å². The molecular weight excluding hydrogens is 307 g/mol. The smallest absolute Gasteiger partial charge is 0.275 e. The maximum absolute atomic E-state index is 13.8. The van der Waals surface area contributed by atoms with Crippen LogP contribution in [-0.4, -0.2) is 17.8 Å². The Morgan fingerprint density at radius 3 is 2.50 bits per heavy atom. The number of nitrogens with one attached hydrogen (secondary N) is 1. The fourth-order valence-electron chi connectivity index (χ4n) is 2.32. The Balaban J connectivity index is 1.85. The summed E-state index contributed by atoms with van der Waals surface area (Å²) in [6, 6.07) is 13.6. The molecule has 0 radical (unpaired) electrons. The van der Waals surface area contributed by atoms with Crippen molar-refractivity contribution in [3.63, 3.8) is 0 Å². The number of nitrogens with zero attached hydrogens (tertiary/aromatic N) is 1. The van der Waals surface area contributed by atoms with Gasteiger partial charge < -0.3 is 10.1 Å². The third-order valence-corrected chi connectivity index (χ3v) is 3.38. The largest absolute Gasteiger partial charge is 0.491 e. The van der Waals surface area contributed by atoms with Crippen molar-refractivity contribution in [1.29, 1.82) is 0 Å². The van der Waals surface area contributed by atoms with Gasteiger partial charge in [0.2, 0.25) is 0 Å². The lowest BCUT2D eigenvalue weighted by molar-refractivity contribution is -0.115. The van der Waals surface area contributed by atoms with Crippen LogP contribution in [0.2, 0.25) is 0 Å². The first-order valence-electron chi connectivity index (χ1n) is 7.66. The van der Waals surface area contributed by atoms with Crippen LogP contribution < -0.4 is 10.1 Å². The minimum absolute atomic E-state index is 0.0998. The highest BCUT2D eigenvalue weighted by atomic mass is 19.1. The first kappa shape index (κ1) is 15.9. The molecule has 0 fully saturated rings. The first-order chi connectivity index (χ1) is 11.5. The van der Waals surface area contributed by atoms with Crippen molar-refractivity contribution < 1.29 is 13.9 Å². The fourth-order valence-corrected chi connectivity index (χ4v) is 2.32. The van der Waals surface area contributed by atoms with Gasteiger partial charge in [0.25, 0.3) is 5.91 Å². The number of carbonyl (C=O) groups is 1. The van der Waals surface area contributed by atoms with Crippen molar-refractivity contribution in [1.82, 2.24) is 5.32 Å². The van der Waals surface area contributed by atoms with E-state index in [1.807, 2.05) is 38.1 Å². The Labute approximate surface area is 139 Å². The van der Waals surface area contributed by atoms with E-state index in [1.165, 1.54) is 6.07 Å². The number of hydrogen-bond acceptors (Lipinski definition) is 3. The van der Waals surface area contributed by atoms with Gasteiger partial charge in [0.1, 0.15) is 23.1 Å². The van der Waals surface area contributed by atoms with Gasteiger partial charge >= 0.3 is 0 Å². The van der Waals surface area contributed by atoms with Crippen LogP contribution in [0, 0.1) is 5.82 Å². The molecule has 1 amide bonds. The predicted octanol–water partition coefficient (Wildman–Crippen LogP) is 3.53. The van der Waals surface area contributed by atoms with Gasteiger partial charge in [-0.1, -0.05) is 24.3 Å². The second-order valence-electron chi connectivity index (χ2n) is 5.66. The van der Waals surface area contributed by atoms with E-state index in [0.717, 1.165) is 11.3 Å². The van der Waals surface area contributed by atoms with Crippen LogP contribution in [-0.2, 0) is 4.79 Å². The van der Waals surface area contributed by atoms with Crippen molar-refractivity contribution in [2.45, 2.75) is 20.0 Å². The lowest BCUT2D eigenvalue weighted by Crippen LogP contribution is -2.25. The number of amides is 1. The highest BCUT2D eigenvalue weighted by Crippen LogP contribution is 2.19. The van der Waals surface area contributed by atoms with Crippen molar-refractivity contribution in [2.24, 2.45) is 4.99 Å². The van der Waals surface area contributed by atoms with Gasteiger partial charge in [-0.25, -0.2) is 9.38 Å². The molecule has 3 rings (SSSR count). The Hall–Kier alpha value is -2.95. The molecule has 0 aromatic heterocycles. The summed E-state index contributed by atoms with van der Waals surface area (Å²) in [7, 11) is 0. The lowest BCUT2D eigenvalue weighted by atomic mass is 10.2. The van der Waals surface area contributed by atoms with E-state index < -0.39 is 5.82 Å². The monoisotopic (exact) mass is 324 g/mol. The normalized spacial score (nSPS) is 15.6. The molecule has 5 heteroatoms. The topological polar surface area (TPSA) is 50.7 Å². The molecule has 1 aliphatic heterocycles. The molecule has 0 spiro atoms. The van der Waals surface area contributed by atoms with Crippen molar-refractivity contribution >= 4 is 17.8 Å². The first-order valence-corrected chi connectivity index (χ1v) is 7.66. The minimum Gasteiger partial charge on any atom is -0.491 e. The van der Waals surface area contributed by atoms with Gasteiger partial charge in [0, 0.05) is 0 Å². The Morgan fingerprint density at radius 2 is 1.83 bits per heavy atom. The number of amidine groups is 1. The van der Waals surface area contributed by atoms with Crippen LogP contribution in [0.25, 0.3) is 6.08 Å². The number of carbonyl (C=O) groups excluding carboxylic acids is 1. The SMILES string of the molecule is CC(C)Oc1ccc(/C=C2/N=C(c3ccccc3F)NC2=O)cc1. The number of benzene rings is 2. The van der Waals surface area contributed by atoms with Crippen LogP contribution >= 0.6 is 0 Å².